The minimum atomic E-state index is -0.788. The first-order valence-electron chi connectivity index (χ1n) is 5.53. The molecule has 0 atom stereocenters. The Labute approximate surface area is 121 Å². The van der Waals surface area contributed by atoms with E-state index in [1.807, 2.05) is 0 Å². The molecule has 0 spiro atoms. The third-order valence-corrected chi connectivity index (χ3v) is 2.78. The average molecular weight is 299 g/mol. The van der Waals surface area contributed by atoms with Crippen LogP contribution < -0.4 is 5.32 Å². The molecule has 108 valence electrons. The second kappa shape index (κ2) is 6.95. The van der Waals surface area contributed by atoms with Crippen LogP contribution in [0, 0.1) is 12.7 Å². The summed E-state index contributed by atoms with van der Waals surface area (Å²) in [5, 5.41) is 2.60. The summed E-state index contributed by atoms with van der Waals surface area (Å²) < 4.78 is 22.5. The lowest BCUT2D eigenvalue weighted by Gasteiger charge is -2.12. The van der Waals surface area contributed by atoms with Gasteiger partial charge < -0.3 is 14.8 Å². The molecule has 0 aliphatic heterocycles. The van der Waals surface area contributed by atoms with Crippen molar-refractivity contribution in [2.75, 3.05) is 19.5 Å². The molecule has 1 N–H and O–H groups in total. The fraction of sp³-hybridized carbons (Fsp3) is 0.231. The van der Waals surface area contributed by atoms with Crippen molar-refractivity contribution in [3.05, 3.63) is 35.3 Å². The van der Waals surface area contributed by atoms with Crippen LogP contribution in [0.4, 0.5) is 10.1 Å². The zero-order valence-electron chi connectivity index (χ0n) is 11.2. The number of nitrogens with one attached hydrogen (secondary N) is 1. The molecule has 0 aliphatic rings. The van der Waals surface area contributed by atoms with Crippen molar-refractivity contribution in [2.45, 2.75) is 11.8 Å². The number of carbonyl (C=O) groups excluding carboxylic acids is 2. The van der Waals surface area contributed by atoms with E-state index in [0.29, 0.717) is 10.5 Å². The van der Waals surface area contributed by atoms with Crippen molar-refractivity contribution in [3.8, 4) is 0 Å². The number of rotatable bonds is 4. The third kappa shape index (κ3) is 3.99. The summed E-state index contributed by atoms with van der Waals surface area (Å²) in [6.45, 7) is 1.59. The number of benzene rings is 1. The van der Waals surface area contributed by atoms with Gasteiger partial charge in [-0.2, -0.15) is 0 Å². The predicted molar refractivity (Wildman–Crippen MR) is 74.1 cm³/mol. The molecule has 0 bridgehead atoms. The van der Waals surface area contributed by atoms with Gasteiger partial charge in [-0.1, -0.05) is 0 Å². The van der Waals surface area contributed by atoms with E-state index in [2.05, 4.69) is 27.4 Å². The highest BCUT2D eigenvalue weighted by Crippen LogP contribution is 2.25. The van der Waals surface area contributed by atoms with Gasteiger partial charge in [-0.3, -0.25) is 0 Å². The maximum atomic E-state index is 13.5. The largest absolute Gasteiger partial charge is 0.466 e. The molecule has 0 unspecified atom stereocenters. The number of hydrogen-bond donors (Lipinski definition) is 2. The molecule has 0 fully saturated rings. The van der Waals surface area contributed by atoms with E-state index in [1.54, 1.807) is 6.92 Å². The van der Waals surface area contributed by atoms with Gasteiger partial charge in [0.2, 0.25) is 0 Å². The van der Waals surface area contributed by atoms with Crippen LogP contribution in [-0.2, 0) is 19.1 Å². The molecule has 1 aromatic rings. The highest BCUT2D eigenvalue weighted by atomic mass is 32.1. The molecule has 0 heterocycles. The first-order chi connectivity index (χ1) is 9.38. The molecule has 0 saturated carbocycles. The molecule has 7 heteroatoms. The highest BCUT2D eigenvalue weighted by molar-refractivity contribution is 7.80. The fourth-order valence-electron chi connectivity index (χ4n) is 1.34. The smallest absolute Gasteiger partial charge is 0.354 e. The maximum Gasteiger partial charge on any atom is 0.354 e. The molecule has 5 nitrogen and oxygen atoms in total. The van der Waals surface area contributed by atoms with Crippen molar-refractivity contribution in [2.24, 2.45) is 0 Å². The van der Waals surface area contributed by atoms with Crippen LogP contribution in [-0.4, -0.2) is 26.2 Å². The first kappa shape index (κ1) is 16.0. The Morgan fingerprint density at radius 1 is 1.30 bits per heavy atom. The number of aryl methyl sites for hydroxylation is 1. The molecule has 0 radical (unpaired) electrons. The van der Waals surface area contributed by atoms with Gasteiger partial charge in [-0.25, -0.2) is 14.0 Å². The molecule has 0 saturated heterocycles. The minimum Gasteiger partial charge on any atom is -0.466 e. The standard InChI is InChI=1S/C13H14FNO4S/c1-7-4-11(20)9(5-8(7)14)15-10(13(17)19-3)6-12(16)18-2/h4-6,15,20H,1-3H3/b10-6+. The van der Waals surface area contributed by atoms with Gasteiger partial charge in [-0.05, 0) is 24.6 Å². The third-order valence-electron chi connectivity index (χ3n) is 2.41. The Morgan fingerprint density at radius 3 is 2.50 bits per heavy atom. The SMILES string of the molecule is COC(=O)/C=C(/Nc1cc(F)c(C)cc1S)C(=O)OC. The normalized spacial score (nSPS) is 10.9. The van der Waals surface area contributed by atoms with Gasteiger partial charge in [-0.15, -0.1) is 12.6 Å². The van der Waals surface area contributed by atoms with Crippen LogP contribution in [0.2, 0.25) is 0 Å². The fourth-order valence-corrected chi connectivity index (χ4v) is 1.66. The second-order valence-corrected chi connectivity index (χ2v) is 4.30. The van der Waals surface area contributed by atoms with E-state index in [-0.39, 0.29) is 11.4 Å². The summed E-state index contributed by atoms with van der Waals surface area (Å²) in [6.07, 6.45) is 0.914. The van der Waals surface area contributed by atoms with Crippen molar-refractivity contribution in [3.63, 3.8) is 0 Å². The average Bonchev–Trinajstić information content (AvgIpc) is 2.42. The maximum absolute atomic E-state index is 13.5. The number of hydrogen-bond acceptors (Lipinski definition) is 6. The van der Waals surface area contributed by atoms with E-state index < -0.39 is 17.8 Å². The molecule has 0 amide bonds. The lowest BCUT2D eigenvalue weighted by atomic mass is 10.2. The Bertz CT molecular complexity index is 572. The van der Waals surface area contributed by atoms with Gasteiger partial charge in [0.25, 0.3) is 0 Å². The monoisotopic (exact) mass is 299 g/mol. The number of esters is 2. The Kier molecular flexibility index (Phi) is 5.57. The Hall–Kier alpha value is -2.02. The summed E-state index contributed by atoms with van der Waals surface area (Å²) in [5.74, 6) is -2.00. The van der Waals surface area contributed by atoms with Gasteiger partial charge in [0.05, 0.1) is 26.0 Å². The predicted octanol–water partition coefficient (Wildman–Crippen LogP) is 2.06. The van der Waals surface area contributed by atoms with Crippen molar-refractivity contribution >= 4 is 30.3 Å². The van der Waals surface area contributed by atoms with Crippen molar-refractivity contribution in [1.82, 2.24) is 0 Å². The van der Waals surface area contributed by atoms with Gasteiger partial charge in [0.15, 0.2) is 0 Å². The number of ether oxygens (including phenoxy) is 2. The topological polar surface area (TPSA) is 64.6 Å². The summed E-state index contributed by atoms with van der Waals surface area (Å²) in [4.78, 5) is 23.2. The molecule has 1 aromatic carbocycles. The molecular formula is C13H14FNO4S. The molecule has 0 aliphatic carbocycles. The summed E-state index contributed by atoms with van der Waals surface area (Å²) in [6, 6.07) is 2.67. The number of halogens is 1. The lowest BCUT2D eigenvalue weighted by Crippen LogP contribution is -2.16. The number of carbonyl (C=O) groups is 2. The summed E-state index contributed by atoms with van der Waals surface area (Å²) in [5.41, 5.74) is 0.465. The highest BCUT2D eigenvalue weighted by Gasteiger charge is 2.15. The number of thiol groups is 1. The quantitative estimate of drug-likeness (QED) is 0.506. The zero-order chi connectivity index (χ0) is 15.3. The van der Waals surface area contributed by atoms with E-state index in [9.17, 15) is 14.0 Å². The van der Waals surface area contributed by atoms with Crippen LogP contribution in [0.1, 0.15) is 5.56 Å². The van der Waals surface area contributed by atoms with E-state index in [4.69, 9.17) is 0 Å². The van der Waals surface area contributed by atoms with Gasteiger partial charge in [0.1, 0.15) is 11.5 Å². The first-order valence-corrected chi connectivity index (χ1v) is 5.97. The van der Waals surface area contributed by atoms with E-state index in [0.717, 1.165) is 13.2 Å². The molecule has 1 rings (SSSR count). The molecule has 0 aromatic heterocycles. The van der Waals surface area contributed by atoms with Crippen LogP contribution in [0.25, 0.3) is 0 Å². The summed E-state index contributed by atoms with van der Waals surface area (Å²) in [7, 11) is 2.33. The zero-order valence-corrected chi connectivity index (χ0v) is 12.1. The summed E-state index contributed by atoms with van der Waals surface area (Å²) >= 11 is 4.18. The molecular weight excluding hydrogens is 285 g/mol. The van der Waals surface area contributed by atoms with Gasteiger partial charge >= 0.3 is 11.9 Å². The van der Waals surface area contributed by atoms with Crippen LogP contribution in [0.3, 0.4) is 0 Å². The Morgan fingerprint density at radius 2 is 1.95 bits per heavy atom. The van der Waals surface area contributed by atoms with Crippen LogP contribution in [0.5, 0.6) is 0 Å². The van der Waals surface area contributed by atoms with E-state index >= 15 is 0 Å². The van der Waals surface area contributed by atoms with E-state index in [1.165, 1.54) is 19.2 Å². The number of methoxy groups -OCH3 is 2. The van der Waals surface area contributed by atoms with Gasteiger partial charge in [0, 0.05) is 4.90 Å². The number of anilines is 1. The van der Waals surface area contributed by atoms with Crippen LogP contribution >= 0.6 is 12.6 Å². The lowest BCUT2D eigenvalue weighted by molar-refractivity contribution is -0.138. The minimum absolute atomic E-state index is 0.182. The second-order valence-electron chi connectivity index (χ2n) is 3.82. The van der Waals surface area contributed by atoms with Crippen molar-refractivity contribution < 1.29 is 23.5 Å². The Balaban J connectivity index is 3.14. The van der Waals surface area contributed by atoms with Crippen molar-refractivity contribution in [1.29, 1.82) is 0 Å². The van der Waals surface area contributed by atoms with Crippen LogP contribution in [0.15, 0.2) is 28.8 Å². The molecule has 20 heavy (non-hydrogen) atoms.